The Kier molecular flexibility index (Phi) is 5.21. The predicted octanol–water partition coefficient (Wildman–Crippen LogP) is 0.924. The number of ether oxygens (including phenoxy) is 1. The molecule has 0 radical (unpaired) electrons. The van der Waals surface area contributed by atoms with Gasteiger partial charge in [-0.1, -0.05) is 17.9 Å². The van der Waals surface area contributed by atoms with Crippen molar-refractivity contribution in [2.45, 2.75) is 6.92 Å². The van der Waals surface area contributed by atoms with Crippen molar-refractivity contribution in [1.82, 2.24) is 0 Å². The van der Waals surface area contributed by atoms with Crippen LogP contribution in [0.25, 0.3) is 0 Å². The SMILES string of the molecule is COCC(=O)Nc1ccc(C)c(C#CCO)c1. The lowest BCUT2D eigenvalue weighted by Gasteiger charge is -2.06. The lowest BCUT2D eigenvalue weighted by Crippen LogP contribution is -2.17. The second-order valence-corrected chi connectivity index (χ2v) is 3.47. The van der Waals surface area contributed by atoms with Crippen LogP contribution in [-0.4, -0.2) is 31.3 Å². The molecule has 17 heavy (non-hydrogen) atoms. The number of anilines is 1. The fourth-order valence-electron chi connectivity index (χ4n) is 1.30. The van der Waals surface area contributed by atoms with Gasteiger partial charge in [0.2, 0.25) is 5.91 Å². The summed E-state index contributed by atoms with van der Waals surface area (Å²) in [5, 5.41) is 11.3. The number of aliphatic hydroxyl groups is 1. The van der Waals surface area contributed by atoms with Gasteiger partial charge in [-0.2, -0.15) is 0 Å². The molecule has 0 spiro atoms. The Morgan fingerprint density at radius 2 is 2.29 bits per heavy atom. The Hall–Kier alpha value is -1.83. The zero-order valence-electron chi connectivity index (χ0n) is 9.91. The van der Waals surface area contributed by atoms with Gasteiger partial charge in [-0.15, -0.1) is 0 Å². The first kappa shape index (κ1) is 13.2. The number of rotatable bonds is 3. The Morgan fingerprint density at radius 1 is 1.53 bits per heavy atom. The number of methoxy groups -OCH3 is 1. The molecular formula is C13H15NO3. The Labute approximate surface area is 101 Å². The van der Waals surface area contributed by atoms with Crippen molar-refractivity contribution in [3.8, 4) is 11.8 Å². The highest BCUT2D eigenvalue weighted by Crippen LogP contribution is 2.14. The van der Waals surface area contributed by atoms with Crippen LogP contribution in [0.5, 0.6) is 0 Å². The summed E-state index contributed by atoms with van der Waals surface area (Å²) >= 11 is 0. The van der Waals surface area contributed by atoms with Gasteiger partial charge in [0, 0.05) is 18.4 Å². The monoisotopic (exact) mass is 233 g/mol. The van der Waals surface area contributed by atoms with Gasteiger partial charge in [-0.05, 0) is 24.6 Å². The number of nitrogens with one attached hydrogen (secondary N) is 1. The number of carbonyl (C=O) groups excluding carboxylic acids is 1. The van der Waals surface area contributed by atoms with Crippen LogP contribution >= 0.6 is 0 Å². The maximum Gasteiger partial charge on any atom is 0.250 e. The standard InChI is InChI=1S/C13H15NO3/c1-10-5-6-12(14-13(16)9-17-2)8-11(10)4-3-7-15/h5-6,8,15H,7,9H2,1-2H3,(H,14,16). The van der Waals surface area contributed by atoms with Crippen LogP contribution in [0.15, 0.2) is 18.2 Å². The minimum Gasteiger partial charge on any atom is -0.384 e. The van der Waals surface area contributed by atoms with Crippen LogP contribution in [0.2, 0.25) is 0 Å². The van der Waals surface area contributed by atoms with Crippen LogP contribution in [0.4, 0.5) is 5.69 Å². The summed E-state index contributed by atoms with van der Waals surface area (Å²) < 4.78 is 4.72. The van der Waals surface area contributed by atoms with Crippen LogP contribution < -0.4 is 5.32 Å². The number of carbonyl (C=O) groups is 1. The van der Waals surface area contributed by atoms with Gasteiger partial charge in [0.05, 0.1) is 0 Å². The fourth-order valence-corrected chi connectivity index (χ4v) is 1.30. The Bertz CT molecular complexity index is 457. The molecule has 0 saturated carbocycles. The first-order valence-electron chi connectivity index (χ1n) is 5.16. The van der Waals surface area contributed by atoms with Gasteiger partial charge in [0.25, 0.3) is 0 Å². The first-order valence-corrected chi connectivity index (χ1v) is 5.16. The number of amides is 1. The summed E-state index contributed by atoms with van der Waals surface area (Å²) in [5.41, 5.74) is 2.45. The highest BCUT2D eigenvalue weighted by atomic mass is 16.5. The Morgan fingerprint density at radius 3 is 2.94 bits per heavy atom. The largest absolute Gasteiger partial charge is 0.384 e. The van der Waals surface area contributed by atoms with E-state index in [2.05, 4.69) is 17.2 Å². The van der Waals surface area contributed by atoms with Crippen LogP contribution in [0, 0.1) is 18.8 Å². The van der Waals surface area contributed by atoms with Crippen molar-refractivity contribution >= 4 is 11.6 Å². The number of aliphatic hydroxyl groups excluding tert-OH is 1. The lowest BCUT2D eigenvalue weighted by molar-refractivity contribution is -0.119. The summed E-state index contributed by atoms with van der Waals surface area (Å²) in [6.45, 7) is 1.76. The molecule has 4 heteroatoms. The molecule has 90 valence electrons. The van der Waals surface area contributed by atoms with E-state index in [1.54, 1.807) is 12.1 Å². The molecule has 0 aliphatic rings. The third-order valence-corrected chi connectivity index (χ3v) is 2.10. The quantitative estimate of drug-likeness (QED) is 0.763. The molecule has 1 aromatic rings. The molecule has 2 N–H and O–H groups in total. The van der Waals surface area contributed by atoms with Crippen molar-refractivity contribution in [3.63, 3.8) is 0 Å². The smallest absolute Gasteiger partial charge is 0.250 e. The number of benzene rings is 1. The predicted molar refractivity (Wildman–Crippen MR) is 65.6 cm³/mol. The minimum atomic E-state index is -0.211. The number of hydrogen-bond donors (Lipinski definition) is 2. The van der Waals surface area contributed by atoms with E-state index in [0.717, 1.165) is 11.1 Å². The minimum absolute atomic E-state index is 0.0194. The lowest BCUT2D eigenvalue weighted by atomic mass is 10.1. The summed E-state index contributed by atoms with van der Waals surface area (Å²) in [6.07, 6.45) is 0. The van der Waals surface area contributed by atoms with E-state index in [0.29, 0.717) is 5.69 Å². The number of hydrogen-bond acceptors (Lipinski definition) is 3. The zero-order valence-corrected chi connectivity index (χ0v) is 9.91. The fraction of sp³-hybridized carbons (Fsp3) is 0.308. The highest BCUT2D eigenvalue weighted by molar-refractivity contribution is 5.91. The highest BCUT2D eigenvalue weighted by Gasteiger charge is 2.02. The van der Waals surface area contributed by atoms with E-state index in [4.69, 9.17) is 9.84 Å². The molecule has 0 aliphatic heterocycles. The van der Waals surface area contributed by atoms with Crippen molar-refractivity contribution < 1.29 is 14.6 Å². The van der Waals surface area contributed by atoms with E-state index >= 15 is 0 Å². The molecule has 0 unspecified atom stereocenters. The molecule has 0 heterocycles. The average Bonchev–Trinajstić information content (AvgIpc) is 2.30. The van der Waals surface area contributed by atoms with Crippen LogP contribution in [0.3, 0.4) is 0 Å². The second-order valence-electron chi connectivity index (χ2n) is 3.47. The Balaban J connectivity index is 2.85. The van der Waals surface area contributed by atoms with E-state index < -0.39 is 0 Å². The normalized spacial score (nSPS) is 9.35. The molecule has 4 nitrogen and oxygen atoms in total. The van der Waals surface area contributed by atoms with Gasteiger partial charge in [0.1, 0.15) is 13.2 Å². The van der Waals surface area contributed by atoms with Gasteiger partial charge in [0.15, 0.2) is 0 Å². The topological polar surface area (TPSA) is 58.6 Å². The van der Waals surface area contributed by atoms with Crippen molar-refractivity contribution in [3.05, 3.63) is 29.3 Å². The third kappa shape index (κ3) is 4.27. The first-order chi connectivity index (χ1) is 8.17. The summed E-state index contributed by atoms with van der Waals surface area (Å²) in [5.74, 6) is 5.19. The maximum atomic E-state index is 11.3. The second kappa shape index (κ2) is 6.69. The van der Waals surface area contributed by atoms with Crippen LogP contribution in [-0.2, 0) is 9.53 Å². The molecular weight excluding hydrogens is 218 g/mol. The van der Waals surface area contributed by atoms with Gasteiger partial charge >= 0.3 is 0 Å². The molecule has 0 bridgehead atoms. The maximum absolute atomic E-state index is 11.3. The van der Waals surface area contributed by atoms with Gasteiger partial charge in [-0.25, -0.2) is 0 Å². The van der Waals surface area contributed by atoms with Crippen LogP contribution in [0.1, 0.15) is 11.1 Å². The molecule has 0 atom stereocenters. The molecule has 0 fully saturated rings. The third-order valence-electron chi connectivity index (χ3n) is 2.10. The summed E-state index contributed by atoms with van der Waals surface area (Å²) in [4.78, 5) is 11.3. The van der Waals surface area contributed by atoms with E-state index in [9.17, 15) is 4.79 Å². The van der Waals surface area contributed by atoms with Gasteiger partial charge < -0.3 is 15.2 Å². The van der Waals surface area contributed by atoms with Gasteiger partial charge in [-0.3, -0.25) is 4.79 Å². The summed E-state index contributed by atoms with van der Waals surface area (Å²) in [7, 11) is 1.47. The average molecular weight is 233 g/mol. The van der Waals surface area contributed by atoms with E-state index in [-0.39, 0.29) is 19.1 Å². The molecule has 1 amide bonds. The zero-order chi connectivity index (χ0) is 12.7. The summed E-state index contributed by atoms with van der Waals surface area (Å²) in [6, 6.07) is 5.43. The van der Waals surface area contributed by atoms with Crippen molar-refractivity contribution in [2.24, 2.45) is 0 Å². The van der Waals surface area contributed by atoms with Crippen molar-refractivity contribution in [2.75, 3.05) is 25.6 Å². The molecule has 1 rings (SSSR count). The molecule has 0 saturated heterocycles. The molecule has 0 aliphatic carbocycles. The number of aryl methyl sites for hydroxylation is 1. The van der Waals surface area contributed by atoms with Crippen molar-refractivity contribution in [1.29, 1.82) is 0 Å². The molecule has 1 aromatic carbocycles. The molecule has 0 aromatic heterocycles. The van der Waals surface area contributed by atoms with E-state index in [1.807, 2.05) is 13.0 Å². The van der Waals surface area contributed by atoms with E-state index in [1.165, 1.54) is 7.11 Å².